The van der Waals surface area contributed by atoms with Crippen LogP contribution in [0.15, 0.2) is 0 Å². The van der Waals surface area contributed by atoms with Crippen LogP contribution in [-0.4, -0.2) is 52.2 Å². The molecule has 1 fully saturated rings. The van der Waals surface area contributed by atoms with Crippen LogP contribution in [0, 0.1) is 0 Å². The number of methoxy groups -OCH3 is 1. The molecule has 0 aromatic rings. The summed E-state index contributed by atoms with van der Waals surface area (Å²) in [7, 11) is 1.70. The first-order valence-corrected chi connectivity index (χ1v) is 7.28. The lowest BCUT2D eigenvalue weighted by Gasteiger charge is -2.30. The van der Waals surface area contributed by atoms with Crippen LogP contribution in [0.4, 0.5) is 0 Å². The second-order valence-electron chi connectivity index (χ2n) is 4.92. The molecule has 1 heterocycles. The van der Waals surface area contributed by atoms with Crippen LogP contribution in [0.5, 0.6) is 0 Å². The highest BCUT2D eigenvalue weighted by atomic mass is 16.5. The predicted octanol–water partition coefficient (Wildman–Crippen LogP) is 1.98. The second kappa shape index (κ2) is 10.7. The Balaban J connectivity index is 1.94. The number of hydrogen-bond acceptors (Lipinski definition) is 4. The van der Waals surface area contributed by atoms with Gasteiger partial charge in [-0.3, -0.25) is 0 Å². The summed E-state index contributed by atoms with van der Waals surface area (Å²) >= 11 is 0. The maximum absolute atomic E-state index is 5.74. The van der Waals surface area contributed by atoms with Crippen molar-refractivity contribution in [3.8, 4) is 0 Å². The maximum Gasteiger partial charge on any atom is 0.0700 e. The summed E-state index contributed by atoms with van der Waals surface area (Å²) in [5.74, 6) is 0. The average Bonchev–Trinajstić information content (AvgIpc) is 2.39. The predicted molar refractivity (Wildman–Crippen MR) is 73.0 cm³/mol. The largest absolute Gasteiger partial charge is 0.382 e. The summed E-state index contributed by atoms with van der Waals surface area (Å²) < 4.78 is 16.1. The van der Waals surface area contributed by atoms with E-state index < -0.39 is 0 Å². The Labute approximate surface area is 111 Å². The highest BCUT2D eigenvalue weighted by Crippen LogP contribution is 2.17. The van der Waals surface area contributed by atoms with Gasteiger partial charge in [0.2, 0.25) is 0 Å². The highest BCUT2D eigenvalue weighted by Gasteiger charge is 2.20. The molecule has 1 N–H and O–H groups in total. The van der Waals surface area contributed by atoms with Crippen LogP contribution in [0.2, 0.25) is 0 Å². The zero-order valence-electron chi connectivity index (χ0n) is 12.0. The van der Waals surface area contributed by atoms with Crippen LogP contribution < -0.4 is 5.32 Å². The molecule has 4 nitrogen and oxygen atoms in total. The summed E-state index contributed by atoms with van der Waals surface area (Å²) in [6.07, 6.45) is 6.25. The SMILES string of the molecule is CCCC1CC(NCCCOCCOC)CCO1. The molecule has 0 radical (unpaired) electrons. The van der Waals surface area contributed by atoms with E-state index in [-0.39, 0.29) is 0 Å². The van der Waals surface area contributed by atoms with Gasteiger partial charge in [0, 0.05) is 26.4 Å². The molecule has 0 spiro atoms. The van der Waals surface area contributed by atoms with Crippen LogP contribution in [0.3, 0.4) is 0 Å². The standard InChI is InChI=1S/C14H29NO3/c1-3-5-14-12-13(6-9-18-14)15-7-4-8-17-11-10-16-2/h13-15H,3-12H2,1-2H3. The minimum Gasteiger partial charge on any atom is -0.382 e. The van der Waals surface area contributed by atoms with Gasteiger partial charge in [-0.25, -0.2) is 0 Å². The van der Waals surface area contributed by atoms with Crippen molar-refractivity contribution in [2.75, 3.05) is 40.1 Å². The molecule has 0 aliphatic carbocycles. The van der Waals surface area contributed by atoms with Gasteiger partial charge < -0.3 is 19.5 Å². The van der Waals surface area contributed by atoms with Gasteiger partial charge in [-0.15, -0.1) is 0 Å². The number of rotatable bonds is 10. The van der Waals surface area contributed by atoms with Gasteiger partial charge in [0.1, 0.15) is 0 Å². The second-order valence-corrected chi connectivity index (χ2v) is 4.92. The van der Waals surface area contributed by atoms with Crippen molar-refractivity contribution in [3.05, 3.63) is 0 Å². The fraction of sp³-hybridized carbons (Fsp3) is 1.00. The quantitative estimate of drug-likeness (QED) is 0.609. The molecule has 0 bridgehead atoms. The normalized spacial score (nSPS) is 24.3. The Bertz CT molecular complexity index is 188. The molecule has 18 heavy (non-hydrogen) atoms. The molecule has 0 saturated carbocycles. The molecule has 0 aromatic heterocycles. The fourth-order valence-corrected chi connectivity index (χ4v) is 2.31. The lowest BCUT2D eigenvalue weighted by molar-refractivity contribution is -0.00355. The maximum atomic E-state index is 5.74. The molecule has 1 saturated heterocycles. The third-order valence-electron chi connectivity index (χ3n) is 3.31. The zero-order chi connectivity index (χ0) is 13.1. The van der Waals surface area contributed by atoms with Gasteiger partial charge in [0.05, 0.1) is 19.3 Å². The van der Waals surface area contributed by atoms with E-state index in [0.29, 0.717) is 25.4 Å². The molecular weight excluding hydrogens is 230 g/mol. The van der Waals surface area contributed by atoms with Crippen LogP contribution in [0.25, 0.3) is 0 Å². The zero-order valence-corrected chi connectivity index (χ0v) is 12.0. The van der Waals surface area contributed by atoms with E-state index >= 15 is 0 Å². The summed E-state index contributed by atoms with van der Waals surface area (Å²) in [5, 5.41) is 3.61. The molecule has 108 valence electrons. The summed E-state index contributed by atoms with van der Waals surface area (Å²) in [4.78, 5) is 0. The first kappa shape index (κ1) is 15.9. The van der Waals surface area contributed by atoms with E-state index in [2.05, 4.69) is 12.2 Å². The molecule has 2 atom stereocenters. The Morgan fingerprint density at radius 3 is 2.94 bits per heavy atom. The van der Waals surface area contributed by atoms with Gasteiger partial charge in [0.15, 0.2) is 0 Å². The van der Waals surface area contributed by atoms with E-state index in [4.69, 9.17) is 14.2 Å². The van der Waals surface area contributed by atoms with E-state index in [1.54, 1.807) is 7.11 Å². The Kier molecular flexibility index (Phi) is 9.48. The lowest BCUT2D eigenvalue weighted by Crippen LogP contribution is -2.39. The van der Waals surface area contributed by atoms with Crippen molar-refractivity contribution in [1.29, 1.82) is 0 Å². The third kappa shape index (κ3) is 7.31. The molecular formula is C14H29NO3. The average molecular weight is 259 g/mol. The number of hydrogen-bond donors (Lipinski definition) is 1. The molecule has 0 amide bonds. The van der Waals surface area contributed by atoms with Gasteiger partial charge >= 0.3 is 0 Å². The van der Waals surface area contributed by atoms with Crippen molar-refractivity contribution in [3.63, 3.8) is 0 Å². The van der Waals surface area contributed by atoms with Gasteiger partial charge in [-0.05, 0) is 32.2 Å². The van der Waals surface area contributed by atoms with E-state index in [0.717, 1.165) is 32.6 Å². The lowest BCUT2D eigenvalue weighted by atomic mass is 10.00. The van der Waals surface area contributed by atoms with Crippen molar-refractivity contribution in [1.82, 2.24) is 5.32 Å². The van der Waals surface area contributed by atoms with Gasteiger partial charge in [0.25, 0.3) is 0 Å². The molecule has 0 aromatic carbocycles. The fourth-order valence-electron chi connectivity index (χ4n) is 2.31. The van der Waals surface area contributed by atoms with Crippen LogP contribution in [-0.2, 0) is 14.2 Å². The van der Waals surface area contributed by atoms with Gasteiger partial charge in [-0.1, -0.05) is 13.3 Å². The molecule has 1 rings (SSSR count). The molecule has 2 unspecified atom stereocenters. The monoisotopic (exact) mass is 259 g/mol. The van der Waals surface area contributed by atoms with E-state index in [1.165, 1.54) is 19.3 Å². The number of nitrogens with one attached hydrogen (secondary N) is 1. The Morgan fingerprint density at radius 2 is 2.17 bits per heavy atom. The summed E-state index contributed by atoms with van der Waals surface area (Å²) in [5.41, 5.74) is 0. The molecule has 4 heteroatoms. The van der Waals surface area contributed by atoms with Crippen molar-refractivity contribution in [2.24, 2.45) is 0 Å². The van der Waals surface area contributed by atoms with E-state index in [9.17, 15) is 0 Å². The number of ether oxygens (including phenoxy) is 3. The molecule has 1 aliphatic rings. The Morgan fingerprint density at radius 1 is 1.28 bits per heavy atom. The van der Waals surface area contributed by atoms with Crippen molar-refractivity contribution < 1.29 is 14.2 Å². The van der Waals surface area contributed by atoms with Crippen LogP contribution in [0.1, 0.15) is 39.0 Å². The first-order chi connectivity index (χ1) is 8.86. The minimum absolute atomic E-state index is 0.471. The minimum atomic E-state index is 0.471. The third-order valence-corrected chi connectivity index (χ3v) is 3.31. The Hall–Kier alpha value is -0.160. The summed E-state index contributed by atoms with van der Waals surface area (Å²) in [6, 6.07) is 0.634. The van der Waals surface area contributed by atoms with Crippen molar-refractivity contribution >= 4 is 0 Å². The van der Waals surface area contributed by atoms with Gasteiger partial charge in [-0.2, -0.15) is 0 Å². The van der Waals surface area contributed by atoms with Crippen molar-refractivity contribution in [2.45, 2.75) is 51.2 Å². The first-order valence-electron chi connectivity index (χ1n) is 7.28. The highest BCUT2D eigenvalue weighted by molar-refractivity contribution is 4.76. The topological polar surface area (TPSA) is 39.7 Å². The van der Waals surface area contributed by atoms with Crippen LogP contribution >= 0.6 is 0 Å². The molecule has 1 aliphatic heterocycles. The summed E-state index contributed by atoms with van der Waals surface area (Å²) in [6.45, 7) is 6.37. The van der Waals surface area contributed by atoms with E-state index in [1.807, 2.05) is 0 Å². The smallest absolute Gasteiger partial charge is 0.0700 e.